The summed E-state index contributed by atoms with van der Waals surface area (Å²) in [5.74, 6) is 2.20. The predicted molar refractivity (Wildman–Crippen MR) is 130 cm³/mol. The topological polar surface area (TPSA) is 65.4 Å². The number of imidazole rings is 1. The summed E-state index contributed by atoms with van der Waals surface area (Å²) in [4.78, 5) is 17.4. The number of hydrogen-bond acceptors (Lipinski definition) is 4. The van der Waals surface area contributed by atoms with Gasteiger partial charge < -0.3 is 19.4 Å². The van der Waals surface area contributed by atoms with Crippen molar-refractivity contribution < 1.29 is 14.3 Å². The van der Waals surface area contributed by atoms with Gasteiger partial charge in [-0.3, -0.25) is 4.79 Å². The molecule has 0 aliphatic rings. The largest absolute Gasteiger partial charge is 0.496 e. The van der Waals surface area contributed by atoms with Gasteiger partial charge in [-0.1, -0.05) is 30.3 Å². The van der Waals surface area contributed by atoms with Gasteiger partial charge in [-0.15, -0.1) is 0 Å². The molecular weight excluding hydrogens is 414 g/mol. The quantitative estimate of drug-likeness (QED) is 0.407. The molecule has 1 amide bonds. The standard InChI is InChI=1S/C27H29N3O3/c1-19-16-20(2)18-21(17-19)33-15-14-30-24-10-6-5-9-23(24)29-26(30)12-13-28-27(31)22-8-4-7-11-25(22)32-3/h4-11,16-18H,12-15H2,1-3H3,(H,28,31). The minimum atomic E-state index is -0.159. The van der Waals surface area contributed by atoms with Gasteiger partial charge >= 0.3 is 0 Å². The number of nitrogens with zero attached hydrogens (tertiary/aromatic N) is 2. The van der Waals surface area contributed by atoms with Crippen molar-refractivity contribution in [2.24, 2.45) is 0 Å². The molecule has 1 N–H and O–H groups in total. The van der Waals surface area contributed by atoms with Crippen molar-refractivity contribution in [3.05, 3.63) is 89.2 Å². The van der Waals surface area contributed by atoms with Crippen molar-refractivity contribution in [1.82, 2.24) is 14.9 Å². The highest BCUT2D eigenvalue weighted by atomic mass is 16.5. The summed E-state index contributed by atoms with van der Waals surface area (Å²) < 4.78 is 13.5. The lowest BCUT2D eigenvalue weighted by Gasteiger charge is -2.12. The number of benzene rings is 3. The molecule has 0 atom stereocenters. The number of methoxy groups -OCH3 is 1. The van der Waals surface area contributed by atoms with E-state index in [2.05, 4.69) is 35.9 Å². The van der Waals surface area contributed by atoms with Gasteiger partial charge in [0.25, 0.3) is 5.91 Å². The van der Waals surface area contributed by atoms with E-state index in [1.807, 2.05) is 42.5 Å². The molecule has 6 nitrogen and oxygen atoms in total. The van der Waals surface area contributed by atoms with E-state index >= 15 is 0 Å². The average Bonchev–Trinajstić information content (AvgIpc) is 3.15. The lowest BCUT2D eigenvalue weighted by atomic mass is 10.1. The lowest BCUT2D eigenvalue weighted by molar-refractivity contribution is 0.0951. The number of ether oxygens (including phenoxy) is 2. The van der Waals surface area contributed by atoms with Crippen molar-refractivity contribution in [2.45, 2.75) is 26.8 Å². The van der Waals surface area contributed by atoms with E-state index in [1.165, 1.54) is 11.1 Å². The second-order valence-electron chi connectivity index (χ2n) is 8.05. The molecule has 0 unspecified atom stereocenters. The molecule has 0 saturated heterocycles. The van der Waals surface area contributed by atoms with Crippen LogP contribution in [-0.4, -0.2) is 35.7 Å². The van der Waals surface area contributed by atoms with Gasteiger partial charge in [0.05, 0.1) is 30.3 Å². The fraction of sp³-hybridized carbons (Fsp3) is 0.259. The van der Waals surface area contributed by atoms with Crippen LogP contribution in [0.4, 0.5) is 0 Å². The Hall–Kier alpha value is -3.80. The summed E-state index contributed by atoms with van der Waals surface area (Å²) >= 11 is 0. The lowest BCUT2D eigenvalue weighted by Crippen LogP contribution is -2.27. The molecule has 0 aliphatic carbocycles. The van der Waals surface area contributed by atoms with E-state index in [9.17, 15) is 4.79 Å². The minimum Gasteiger partial charge on any atom is -0.496 e. The summed E-state index contributed by atoms with van der Waals surface area (Å²) in [5.41, 5.74) is 4.90. The van der Waals surface area contributed by atoms with Crippen LogP contribution in [-0.2, 0) is 13.0 Å². The SMILES string of the molecule is COc1ccccc1C(=O)NCCc1nc2ccccc2n1CCOc1cc(C)cc(C)c1. The molecule has 0 saturated carbocycles. The van der Waals surface area contributed by atoms with E-state index < -0.39 is 0 Å². The molecule has 0 radical (unpaired) electrons. The number of aromatic nitrogens is 2. The Morgan fingerprint density at radius 1 is 1.00 bits per heavy atom. The van der Waals surface area contributed by atoms with Crippen molar-refractivity contribution in [1.29, 1.82) is 0 Å². The van der Waals surface area contributed by atoms with Crippen molar-refractivity contribution >= 4 is 16.9 Å². The molecule has 1 aromatic heterocycles. The van der Waals surface area contributed by atoms with E-state index in [0.29, 0.717) is 37.4 Å². The van der Waals surface area contributed by atoms with Crippen LogP contribution in [0.2, 0.25) is 0 Å². The highest BCUT2D eigenvalue weighted by Gasteiger charge is 2.13. The van der Waals surface area contributed by atoms with Gasteiger partial charge in [0.1, 0.15) is 23.9 Å². The number of carbonyl (C=O) groups is 1. The number of carbonyl (C=O) groups excluding carboxylic acids is 1. The molecule has 0 aliphatic heterocycles. The van der Waals surface area contributed by atoms with Crippen LogP contribution in [0.25, 0.3) is 11.0 Å². The number of aryl methyl sites for hydroxylation is 2. The maximum atomic E-state index is 12.6. The first-order chi connectivity index (χ1) is 16.0. The Morgan fingerprint density at radius 2 is 1.73 bits per heavy atom. The van der Waals surface area contributed by atoms with E-state index in [4.69, 9.17) is 14.5 Å². The third-order valence-electron chi connectivity index (χ3n) is 5.50. The summed E-state index contributed by atoms with van der Waals surface area (Å²) in [6.07, 6.45) is 0.610. The molecule has 3 aromatic carbocycles. The highest BCUT2D eigenvalue weighted by Crippen LogP contribution is 2.19. The molecule has 4 aromatic rings. The third-order valence-corrected chi connectivity index (χ3v) is 5.50. The zero-order valence-electron chi connectivity index (χ0n) is 19.3. The van der Waals surface area contributed by atoms with Crippen molar-refractivity contribution in [3.8, 4) is 11.5 Å². The number of amides is 1. The Balaban J connectivity index is 1.44. The summed E-state index contributed by atoms with van der Waals surface area (Å²) in [7, 11) is 1.56. The van der Waals surface area contributed by atoms with Gasteiger partial charge in [-0.25, -0.2) is 4.98 Å². The Morgan fingerprint density at radius 3 is 2.52 bits per heavy atom. The molecule has 0 spiro atoms. The van der Waals surface area contributed by atoms with Gasteiger partial charge in [0, 0.05) is 13.0 Å². The van der Waals surface area contributed by atoms with Crippen LogP contribution in [0, 0.1) is 13.8 Å². The van der Waals surface area contributed by atoms with Crippen LogP contribution < -0.4 is 14.8 Å². The van der Waals surface area contributed by atoms with Gasteiger partial charge in [0.15, 0.2) is 0 Å². The number of para-hydroxylation sites is 3. The molecule has 33 heavy (non-hydrogen) atoms. The highest BCUT2D eigenvalue weighted by molar-refractivity contribution is 5.96. The van der Waals surface area contributed by atoms with E-state index in [0.717, 1.165) is 22.6 Å². The van der Waals surface area contributed by atoms with Crippen LogP contribution in [0.5, 0.6) is 11.5 Å². The van der Waals surface area contributed by atoms with Crippen LogP contribution >= 0.6 is 0 Å². The molecule has 6 heteroatoms. The van der Waals surface area contributed by atoms with Gasteiger partial charge in [-0.05, 0) is 61.4 Å². The average molecular weight is 444 g/mol. The fourth-order valence-corrected chi connectivity index (χ4v) is 4.05. The molecule has 170 valence electrons. The number of nitrogens with one attached hydrogen (secondary N) is 1. The maximum absolute atomic E-state index is 12.6. The molecule has 0 fully saturated rings. The second-order valence-corrected chi connectivity index (χ2v) is 8.05. The third kappa shape index (κ3) is 5.34. The van der Waals surface area contributed by atoms with Crippen molar-refractivity contribution in [2.75, 3.05) is 20.3 Å². The number of rotatable bonds is 9. The normalized spacial score (nSPS) is 10.9. The number of hydrogen-bond donors (Lipinski definition) is 1. The molecule has 1 heterocycles. The van der Waals surface area contributed by atoms with Gasteiger partial charge in [-0.2, -0.15) is 0 Å². The van der Waals surface area contributed by atoms with E-state index in [-0.39, 0.29) is 5.91 Å². The first-order valence-corrected chi connectivity index (χ1v) is 11.1. The Bertz CT molecular complexity index is 1240. The Labute approximate surface area is 194 Å². The number of fused-ring (bicyclic) bond motifs is 1. The minimum absolute atomic E-state index is 0.159. The van der Waals surface area contributed by atoms with E-state index in [1.54, 1.807) is 19.2 Å². The maximum Gasteiger partial charge on any atom is 0.255 e. The molecule has 0 bridgehead atoms. The smallest absolute Gasteiger partial charge is 0.255 e. The second kappa shape index (κ2) is 10.2. The zero-order valence-corrected chi connectivity index (χ0v) is 19.3. The first-order valence-electron chi connectivity index (χ1n) is 11.1. The molecule has 4 rings (SSSR count). The summed E-state index contributed by atoms with van der Waals surface area (Å²) in [6.45, 7) is 5.81. The summed E-state index contributed by atoms with van der Waals surface area (Å²) in [5, 5.41) is 2.98. The predicted octanol–water partition coefficient (Wildman–Crippen LogP) is 4.71. The van der Waals surface area contributed by atoms with Crippen LogP contribution in [0.15, 0.2) is 66.7 Å². The van der Waals surface area contributed by atoms with Crippen LogP contribution in [0.1, 0.15) is 27.3 Å². The first kappa shape index (κ1) is 22.4. The van der Waals surface area contributed by atoms with Crippen LogP contribution in [0.3, 0.4) is 0 Å². The Kier molecular flexibility index (Phi) is 6.93. The summed E-state index contributed by atoms with van der Waals surface area (Å²) in [6, 6.07) is 21.5. The zero-order chi connectivity index (χ0) is 23.2. The monoisotopic (exact) mass is 443 g/mol. The fourth-order valence-electron chi connectivity index (χ4n) is 4.05. The molecular formula is C27H29N3O3. The van der Waals surface area contributed by atoms with Gasteiger partial charge in [0.2, 0.25) is 0 Å². The van der Waals surface area contributed by atoms with Crippen molar-refractivity contribution in [3.63, 3.8) is 0 Å².